The zero-order valence-electron chi connectivity index (χ0n) is 15.2. The summed E-state index contributed by atoms with van der Waals surface area (Å²) in [5.41, 5.74) is 0.192. The van der Waals surface area contributed by atoms with E-state index >= 15 is 0 Å². The summed E-state index contributed by atoms with van der Waals surface area (Å²) in [7, 11) is 0. The lowest BCUT2D eigenvalue weighted by Gasteiger charge is -2.10. The minimum atomic E-state index is -4.45. The molecule has 154 valence electrons. The van der Waals surface area contributed by atoms with Crippen LogP contribution in [0.3, 0.4) is 0 Å². The summed E-state index contributed by atoms with van der Waals surface area (Å²) in [5.74, 6) is -0.629. The number of imidazole rings is 1. The topological polar surface area (TPSA) is 106 Å². The number of carbonyl (C=O) groups excluding carboxylic acids is 1. The molecule has 0 aliphatic heterocycles. The van der Waals surface area contributed by atoms with Gasteiger partial charge in [-0.1, -0.05) is 23.4 Å². The first-order chi connectivity index (χ1) is 14.3. The van der Waals surface area contributed by atoms with Crippen LogP contribution in [0.2, 0.25) is 0 Å². The molecule has 8 nitrogen and oxygen atoms in total. The second-order valence-electron chi connectivity index (χ2n) is 6.33. The molecule has 0 radical (unpaired) electrons. The number of aliphatic hydroxyl groups is 1. The molecule has 30 heavy (non-hydrogen) atoms. The molecule has 0 fully saturated rings. The van der Waals surface area contributed by atoms with Crippen molar-refractivity contribution < 1.29 is 27.6 Å². The Morgan fingerprint density at radius 2 is 1.93 bits per heavy atom. The molecule has 1 aromatic carbocycles. The van der Waals surface area contributed by atoms with E-state index in [1.165, 1.54) is 18.3 Å². The molecule has 11 heteroatoms. The number of nitrogens with one attached hydrogen (secondary N) is 1. The largest absolute Gasteiger partial charge is 0.416 e. The summed E-state index contributed by atoms with van der Waals surface area (Å²) in [6.07, 6.45) is -1.19. The fourth-order valence-corrected chi connectivity index (χ4v) is 2.76. The van der Waals surface area contributed by atoms with Crippen molar-refractivity contribution >= 4 is 11.6 Å². The smallest absolute Gasteiger partial charge is 0.394 e. The Balaban J connectivity index is 1.51. The fourth-order valence-electron chi connectivity index (χ4n) is 2.76. The normalized spacial score (nSPS) is 12.8. The van der Waals surface area contributed by atoms with Gasteiger partial charge in [-0.15, -0.1) is 0 Å². The number of hydrogen-bond donors (Lipinski definition) is 2. The van der Waals surface area contributed by atoms with Gasteiger partial charge in [-0.25, -0.2) is 4.98 Å². The van der Waals surface area contributed by atoms with E-state index in [1.807, 2.05) is 0 Å². The number of hydrogen-bond acceptors (Lipinski definition) is 6. The zero-order valence-corrected chi connectivity index (χ0v) is 15.2. The molecule has 3 aromatic heterocycles. The lowest BCUT2D eigenvalue weighted by molar-refractivity contribution is -0.137. The number of fused-ring (bicyclic) bond motifs is 1. The van der Waals surface area contributed by atoms with Gasteiger partial charge in [0, 0.05) is 18.0 Å². The predicted molar refractivity (Wildman–Crippen MR) is 97.2 cm³/mol. The molecule has 2 N–H and O–H groups in total. The molecular weight excluding hydrogens is 403 g/mol. The van der Waals surface area contributed by atoms with E-state index in [9.17, 15) is 23.1 Å². The molecule has 3 heterocycles. The van der Waals surface area contributed by atoms with Gasteiger partial charge in [0.15, 0.2) is 0 Å². The Morgan fingerprint density at radius 1 is 1.17 bits per heavy atom. The summed E-state index contributed by atoms with van der Waals surface area (Å²) in [6.45, 7) is -0.534. The number of nitrogens with zero attached hydrogens (tertiary/aromatic N) is 4. The highest BCUT2D eigenvalue weighted by Crippen LogP contribution is 2.30. The molecular formula is C19H14F3N5O3. The van der Waals surface area contributed by atoms with Crippen LogP contribution in [0.5, 0.6) is 0 Å². The third-order valence-corrected chi connectivity index (χ3v) is 4.29. The van der Waals surface area contributed by atoms with E-state index in [-0.39, 0.29) is 17.4 Å². The van der Waals surface area contributed by atoms with Crippen molar-refractivity contribution in [3.8, 4) is 11.4 Å². The predicted octanol–water partition coefficient (Wildman–Crippen LogP) is 2.87. The van der Waals surface area contributed by atoms with Crippen LogP contribution >= 0.6 is 0 Å². The van der Waals surface area contributed by atoms with E-state index in [0.29, 0.717) is 11.2 Å². The van der Waals surface area contributed by atoms with Crippen LogP contribution in [0.15, 0.2) is 59.4 Å². The second-order valence-corrected chi connectivity index (χ2v) is 6.33. The first-order valence-electron chi connectivity index (χ1n) is 8.72. The highest BCUT2D eigenvalue weighted by atomic mass is 19.4. The van der Waals surface area contributed by atoms with Crippen molar-refractivity contribution in [2.75, 3.05) is 6.61 Å². The Hall–Kier alpha value is -3.73. The van der Waals surface area contributed by atoms with Gasteiger partial charge in [0.1, 0.15) is 17.4 Å². The number of rotatable bonds is 5. The number of halogens is 3. The monoisotopic (exact) mass is 417 g/mol. The molecule has 0 aliphatic carbocycles. The maximum absolute atomic E-state index is 12.7. The molecule has 0 aliphatic rings. The number of amides is 1. The lowest BCUT2D eigenvalue weighted by atomic mass is 10.1. The summed E-state index contributed by atoms with van der Waals surface area (Å²) in [5, 5.41) is 15.9. The zero-order chi connectivity index (χ0) is 21.3. The molecule has 4 aromatic rings. The number of pyridine rings is 1. The number of alkyl halides is 3. The van der Waals surface area contributed by atoms with E-state index in [4.69, 9.17) is 4.52 Å². The van der Waals surface area contributed by atoms with Gasteiger partial charge in [-0.3, -0.25) is 4.79 Å². The molecule has 1 amide bonds. The third kappa shape index (κ3) is 3.87. The van der Waals surface area contributed by atoms with Crippen molar-refractivity contribution in [1.29, 1.82) is 0 Å². The molecule has 4 rings (SSSR count). The minimum Gasteiger partial charge on any atom is -0.394 e. The fraction of sp³-hybridized carbons (Fsp3) is 0.158. The van der Waals surface area contributed by atoms with Gasteiger partial charge in [0.25, 0.3) is 11.8 Å². The molecule has 0 spiro atoms. The molecule has 1 atom stereocenters. The number of benzene rings is 1. The Labute approximate surface area is 167 Å². The average molecular weight is 417 g/mol. The first-order valence-corrected chi connectivity index (χ1v) is 8.72. The molecule has 1 unspecified atom stereocenters. The van der Waals surface area contributed by atoms with Crippen molar-refractivity contribution in [1.82, 2.24) is 24.8 Å². The van der Waals surface area contributed by atoms with Crippen LogP contribution in [-0.4, -0.2) is 37.1 Å². The molecule has 0 bridgehead atoms. The Morgan fingerprint density at radius 3 is 2.60 bits per heavy atom. The van der Waals surface area contributed by atoms with Crippen LogP contribution in [0.25, 0.3) is 17.0 Å². The summed E-state index contributed by atoms with van der Waals surface area (Å²) in [6, 6.07) is 8.50. The molecule has 0 saturated heterocycles. The summed E-state index contributed by atoms with van der Waals surface area (Å²) >= 11 is 0. The third-order valence-electron chi connectivity index (χ3n) is 4.29. The summed E-state index contributed by atoms with van der Waals surface area (Å²) in [4.78, 5) is 20.7. The summed E-state index contributed by atoms with van der Waals surface area (Å²) < 4.78 is 44.8. The van der Waals surface area contributed by atoms with Crippen LogP contribution in [-0.2, 0) is 6.18 Å². The highest BCUT2D eigenvalue weighted by Gasteiger charge is 2.30. The minimum absolute atomic E-state index is 0.0270. The van der Waals surface area contributed by atoms with E-state index in [1.54, 1.807) is 28.8 Å². The lowest BCUT2D eigenvalue weighted by Crippen LogP contribution is -2.31. The second kappa shape index (κ2) is 7.59. The van der Waals surface area contributed by atoms with E-state index < -0.39 is 30.3 Å². The average Bonchev–Trinajstić information content (AvgIpc) is 3.38. The van der Waals surface area contributed by atoms with Gasteiger partial charge < -0.3 is 19.3 Å². The Kier molecular flexibility index (Phi) is 4.96. The quantitative estimate of drug-likeness (QED) is 0.517. The standard InChI is InChI=1S/C19H14F3N5O3/c20-19(21,22)12-6-4-11(5-7-12)16-25-18(30-26-16)14(10-28)24-17(29)13-9-27-8-2-1-3-15(27)23-13/h1-9,14,28H,10H2,(H,24,29). The van der Waals surface area contributed by atoms with Gasteiger partial charge in [-0.2, -0.15) is 18.2 Å². The van der Waals surface area contributed by atoms with E-state index in [0.717, 1.165) is 12.1 Å². The van der Waals surface area contributed by atoms with Gasteiger partial charge in [0.2, 0.25) is 5.82 Å². The SMILES string of the molecule is O=C(NC(CO)c1nc(-c2ccc(C(F)(F)F)cc2)no1)c1cn2ccccc2n1. The van der Waals surface area contributed by atoms with Crippen molar-refractivity contribution in [3.63, 3.8) is 0 Å². The van der Waals surface area contributed by atoms with E-state index in [2.05, 4.69) is 20.4 Å². The molecule has 0 saturated carbocycles. The van der Waals surface area contributed by atoms with Crippen LogP contribution in [0, 0.1) is 0 Å². The maximum atomic E-state index is 12.7. The highest BCUT2D eigenvalue weighted by molar-refractivity contribution is 5.93. The van der Waals surface area contributed by atoms with Crippen LogP contribution < -0.4 is 5.32 Å². The Bertz CT molecular complexity index is 1150. The van der Waals surface area contributed by atoms with Crippen molar-refractivity contribution in [2.45, 2.75) is 12.2 Å². The number of aromatic nitrogens is 4. The van der Waals surface area contributed by atoms with Gasteiger partial charge >= 0.3 is 6.18 Å². The van der Waals surface area contributed by atoms with Crippen LogP contribution in [0.4, 0.5) is 13.2 Å². The first kappa shape index (κ1) is 19.6. The maximum Gasteiger partial charge on any atom is 0.416 e. The van der Waals surface area contributed by atoms with Gasteiger partial charge in [0.05, 0.1) is 12.2 Å². The number of carbonyl (C=O) groups is 1. The van der Waals surface area contributed by atoms with Crippen molar-refractivity contribution in [3.05, 3.63) is 72.0 Å². The van der Waals surface area contributed by atoms with Gasteiger partial charge in [-0.05, 0) is 24.3 Å². The number of aliphatic hydroxyl groups excluding tert-OH is 1. The van der Waals surface area contributed by atoms with Crippen LogP contribution in [0.1, 0.15) is 28.0 Å². The van der Waals surface area contributed by atoms with Crippen molar-refractivity contribution in [2.24, 2.45) is 0 Å².